The van der Waals surface area contributed by atoms with Crippen LogP contribution in [0.15, 0.2) is 54.7 Å². The number of aryl methyl sites for hydroxylation is 1. The molecule has 5 nitrogen and oxygen atoms in total. The van der Waals surface area contributed by atoms with Crippen molar-refractivity contribution in [2.75, 3.05) is 18.0 Å². The molecule has 0 spiro atoms. The van der Waals surface area contributed by atoms with Crippen molar-refractivity contribution in [3.63, 3.8) is 0 Å². The van der Waals surface area contributed by atoms with E-state index >= 15 is 0 Å². The van der Waals surface area contributed by atoms with Gasteiger partial charge < -0.3 is 9.47 Å². The number of pyridine rings is 1. The van der Waals surface area contributed by atoms with Gasteiger partial charge in [0, 0.05) is 31.6 Å². The highest BCUT2D eigenvalue weighted by Crippen LogP contribution is 2.30. The van der Waals surface area contributed by atoms with Crippen molar-refractivity contribution >= 4 is 5.82 Å². The quantitative estimate of drug-likeness (QED) is 0.612. The Morgan fingerprint density at radius 2 is 1.75 bits per heavy atom. The minimum atomic E-state index is 0.464. The summed E-state index contributed by atoms with van der Waals surface area (Å²) < 4.78 is 2.38. The van der Waals surface area contributed by atoms with Gasteiger partial charge in [0.15, 0.2) is 0 Å². The highest BCUT2D eigenvalue weighted by atomic mass is 15.3. The van der Waals surface area contributed by atoms with Crippen LogP contribution < -0.4 is 4.90 Å². The number of aromatic nitrogens is 4. The lowest BCUT2D eigenvalue weighted by atomic mass is 9.95. The molecule has 3 aromatic rings. The summed E-state index contributed by atoms with van der Waals surface area (Å²) in [6, 6.07) is 16.8. The van der Waals surface area contributed by atoms with Crippen molar-refractivity contribution in [1.82, 2.24) is 19.7 Å². The van der Waals surface area contributed by atoms with Gasteiger partial charge in [-0.25, -0.2) is 4.98 Å². The van der Waals surface area contributed by atoms with Gasteiger partial charge in [-0.05, 0) is 37.0 Å². The second kappa shape index (κ2) is 9.00. The molecule has 0 aliphatic carbocycles. The van der Waals surface area contributed by atoms with Crippen LogP contribution in [0, 0.1) is 0 Å². The Labute approximate surface area is 167 Å². The molecule has 0 N–H and O–H groups in total. The van der Waals surface area contributed by atoms with Gasteiger partial charge in [-0.1, -0.05) is 49.7 Å². The molecule has 0 saturated carbocycles. The molecule has 0 atom stereocenters. The van der Waals surface area contributed by atoms with E-state index in [9.17, 15) is 0 Å². The fourth-order valence-electron chi connectivity index (χ4n) is 4.02. The zero-order valence-electron chi connectivity index (χ0n) is 16.7. The standard InChI is InChI=1S/C23H29N5/c1-2-3-11-22-25-26-23(28(22)18-19-9-5-4-6-10-19)20-13-16-27(17-14-20)21-12-7-8-15-24-21/h4-10,12,15,20H,2-3,11,13-14,16-18H2,1H3. The molecule has 4 rings (SSSR count). The topological polar surface area (TPSA) is 46.8 Å². The first-order chi connectivity index (χ1) is 13.8. The van der Waals surface area contributed by atoms with E-state index in [1.807, 2.05) is 12.3 Å². The average molecular weight is 376 g/mol. The number of nitrogens with zero attached hydrogens (tertiary/aromatic N) is 5. The smallest absolute Gasteiger partial charge is 0.136 e. The molecule has 0 amide bonds. The van der Waals surface area contributed by atoms with E-state index in [2.05, 4.69) is 74.0 Å². The molecule has 0 bridgehead atoms. The van der Waals surface area contributed by atoms with Gasteiger partial charge in [0.25, 0.3) is 0 Å². The van der Waals surface area contributed by atoms with Crippen LogP contribution in [-0.4, -0.2) is 32.8 Å². The van der Waals surface area contributed by atoms with Crippen molar-refractivity contribution in [3.8, 4) is 0 Å². The summed E-state index contributed by atoms with van der Waals surface area (Å²) in [6.07, 6.45) is 7.40. The normalized spacial score (nSPS) is 15.1. The highest BCUT2D eigenvalue weighted by molar-refractivity contribution is 5.38. The number of hydrogen-bond donors (Lipinski definition) is 0. The third-order valence-electron chi connectivity index (χ3n) is 5.63. The second-order valence-electron chi connectivity index (χ2n) is 7.60. The van der Waals surface area contributed by atoms with Crippen LogP contribution in [0.5, 0.6) is 0 Å². The van der Waals surface area contributed by atoms with E-state index in [0.29, 0.717) is 5.92 Å². The molecular weight excluding hydrogens is 346 g/mol. The maximum absolute atomic E-state index is 4.67. The Bertz CT molecular complexity index is 851. The number of unbranched alkanes of at least 4 members (excludes halogenated alkanes) is 1. The predicted octanol–water partition coefficient (Wildman–Crippen LogP) is 4.45. The summed E-state index contributed by atoms with van der Waals surface area (Å²) in [5.41, 5.74) is 1.31. The van der Waals surface area contributed by atoms with Crippen LogP contribution in [-0.2, 0) is 13.0 Å². The van der Waals surface area contributed by atoms with E-state index < -0.39 is 0 Å². The molecule has 1 fully saturated rings. The van der Waals surface area contributed by atoms with Gasteiger partial charge in [-0.15, -0.1) is 10.2 Å². The van der Waals surface area contributed by atoms with Crippen LogP contribution >= 0.6 is 0 Å². The lowest BCUT2D eigenvalue weighted by Gasteiger charge is -2.32. The van der Waals surface area contributed by atoms with E-state index in [4.69, 9.17) is 0 Å². The molecule has 1 saturated heterocycles. The van der Waals surface area contributed by atoms with Crippen LogP contribution in [0.1, 0.15) is 55.7 Å². The van der Waals surface area contributed by atoms with E-state index in [1.165, 1.54) is 12.0 Å². The molecule has 1 aliphatic heterocycles. The molecule has 2 aromatic heterocycles. The average Bonchev–Trinajstić information content (AvgIpc) is 3.16. The first-order valence-electron chi connectivity index (χ1n) is 10.5. The van der Waals surface area contributed by atoms with Crippen molar-refractivity contribution in [2.24, 2.45) is 0 Å². The van der Waals surface area contributed by atoms with Crippen molar-refractivity contribution in [3.05, 3.63) is 71.9 Å². The summed E-state index contributed by atoms with van der Waals surface area (Å²) >= 11 is 0. The monoisotopic (exact) mass is 375 g/mol. The summed E-state index contributed by atoms with van der Waals surface area (Å²) in [6.45, 7) is 5.13. The molecule has 3 heterocycles. The Kier molecular flexibility index (Phi) is 6.00. The minimum absolute atomic E-state index is 0.464. The lowest BCUT2D eigenvalue weighted by molar-refractivity contribution is 0.465. The Morgan fingerprint density at radius 1 is 0.964 bits per heavy atom. The third-order valence-corrected chi connectivity index (χ3v) is 5.63. The zero-order valence-corrected chi connectivity index (χ0v) is 16.7. The van der Waals surface area contributed by atoms with Gasteiger partial charge >= 0.3 is 0 Å². The Hall–Kier alpha value is -2.69. The number of rotatable bonds is 7. The van der Waals surface area contributed by atoms with Gasteiger partial charge in [0.05, 0.1) is 6.54 Å². The number of anilines is 1. The maximum Gasteiger partial charge on any atom is 0.136 e. The largest absolute Gasteiger partial charge is 0.357 e. The number of benzene rings is 1. The van der Waals surface area contributed by atoms with Gasteiger partial charge in [0.1, 0.15) is 17.5 Å². The first-order valence-corrected chi connectivity index (χ1v) is 10.5. The van der Waals surface area contributed by atoms with Crippen LogP contribution in [0.3, 0.4) is 0 Å². The fourth-order valence-corrected chi connectivity index (χ4v) is 4.02. The first kappa shape index (κ1) is 18.7. The zero-order chi connectivity index (χ0) is 19.2. The van der Waals surface area contributed by atoms with Crippen molar-refractivity contribution in [1.29, 1.82) is 0 Å². The third kappa shape index (κ3) is 4.24. The molecule has 0 unspecified atom stereocenters. The Balaban J connectivity index is 1.51. The van der Waals surface area contributed by atoms with Crippen LogP contribution in [0.2, 0.25) is 0 Å². The van der Waals surface area contributed by atoms with E-state index in [0.717, 1.165) is 62.8 Å². The van der Waals surface area contributed by atoms with Crippen molar-refractivity contribution < 1.29 is 0 Å². The summed E-state index contributed by atoms with van der Waals surface area (Å²) in [5, 5.41) is 9.25. The molecule has 5 heteroatoms. The van der Waals surface area contributed by atoms with Crippen LogP contribution in [0.4, 0.5) is 5.82 Å². The summed E-state index contributed by atoms with van der Waals surface area (Å²) in [5.74, 6) is 3.84. The number of hydrogen-bond acceptors (Lipinski definition) is 4. The molecule has 1 aliphatic rings. The van der Waals surface area contributed by atoms with E-state index in [-0.39, 0.29) is 0 Å². The molecule has 0 radical (unpaired) electrons. The fraction of sp³-hybridized carbons (Fsp3) is 0.435. The summed E-state index contributed by atoms with van der Waals surface area (Å²) in [4.78, 5) is 6.89. The van der Waals surface area contributed by atoms with E-state index in [1.54, 1.807) is 0 Å². The number of piperidine rings is 1. The summed E-state index contributed by atoms with van der Waals surface area (Å²) in [7, 11) is 0. The van der Waals surface area contributed by atoms with Gasteiger partial charge in [-0.2, -0.15) is 0 Å². The maximum atomic E-state index is 4.67. The molecule has 28 heavy (non-hydrogen) atoms. The van der Waals surface area contributed by atoms with Gasteiger partial charge in [-0.3, -0.25) is 0 Å². The molecular formula is C23H29N5. The minimum Gasteiger partial charge on any atom is -0.357 e. The second-order valence-corrected chi connectivity index (χ2v) is 7.60. The lowest BCUT2D eigenvalue weighted by Crippen LogP contribution is -2.34. The van der Waals surface area contributed by atoms with Crippen LogP contribution in [0.25, 0.3) is 0 Å². The molecule has 146 valence electrons. The van der Waals surface area contributed by atoms with Crippen molar-refractivity contribution in [2.45, 2.75) is 51.5 Å². The highest BCUT2D eigenvalue weighted by Gasteiger charge is 2.26. The Morgan fingerprint density at radius 3 is 2.46 bits per heavy atom. The SMILES string of the molecule is CCCCc1nnc(C2CCN(c3ccccn3)CC2)n1Cc1ccccc1. The van der Waals surface area contributed by atoms with Gasteiger partial charge in [0.2, 0.25) is 0 Å². The molecule has 1 aromatic carbocycles. The predicted molar refractivity (Wildman–Crippen MR) is 113 cm³/mol.